The van der Waals surface area contributed by atoms with Crippen LogP contribution < -0.4 is 0 Å². The lowest BCUT2D eigenvalue weighted by Crippen LogP contribution is -2.50. The highest BCUT2D eigenvalue weighted by molar-refractivity contribution is 7.09. The van der Waals surface area contributed by atoms with E-state index in [9.17, 15) is 0 Å². The van der Waals surface area contributed by atoms with Crippen molar-refractivity contribution < 1.29 is 9.47 Å². The average Bonchev–Trinajstić information content (AvgIpc) is 2.94. The summed E-state index contributed by atoms with van der Waals surface area (Å²) in [6, 6.07) is 0. The fraction of sp³-hybridized carbons (Fsp3) is 0.812. The highest BCUT2D eigenvalue weighted by Gasteiger charge is 2.38. The van der Waals surface area contributed by atoms with Crippen LogP contribution >= 0.6 is 11.3 Å². The van der Waals surface area contributed by atoms with Gasteiger partial charge in [-0.2, -0.15) is 0 Å². The minimum atomic E-state index is 0.278. The first-order valence-electron chi connectivity index (χ1n) is 8.19. The maximum absolute atomic E-state index is 5.96. The van der Waals surface area contributed by atoms with Crippen molar-refractivity contribution in [3.8, 4) is 0 Å². The molecule has 0 unspecified atom stereocenters. The van der Waals surface area contributed by atoms with Gasteiger partial charge in [0.15, 0.2) is 0 Å². The molecule has 2 fully saturated rings. The minimum absolute atomic E-state index is 0.278. The van der Waals surface area contributed by atoms with E-state index in [1.807, 2.05) is 6.20 Å². The van der Waals surface area contributed by atoms with Gasteiger partial charge in [-0.3, -0.25) is 9.80 Å². The van der Waals surface area contributed by atoms with Crippen molar-refractivity contribution in [2.24, 2.45) is 5.41 Å². The van der Waals surface area contributed by atoms with Gasteiger partial charge in [-0.05, 0) is 19.4 Å². The van der Waals surface area contributed by atoms with Gasteiger partial charge >= 0.3 is 0 Å². The van der Waals surface area contributed by atoms with E-state index in [-0.39, 0.29) is 5.41 Å². The van der Waals surface area contributed by atoms with Crippen molar-refractivity contribution in [3.63, 3.8) is 0 Å². The number of hydrogen-bond acceptors (Lipinski definition) is 6. The third kappa shape index (κ3) is 4.26. The molecule has 1 spiro atoms. The van der Waals surface area contributed by atoms with Crippen LogP contribution in [0.5, 0.6) is 0 Å². The number of piperidine rings is 1. The van der Waals surface area contributed by atoms with Gasteiger partial charge in [0.2, 0.25) is 0 Å². The molecule has 6 heteroatoms. The Bertz CT molecular complexity index is 443. The predicted molar refractivity (Wildman–Crippen MR) is 88.2 cm³/mol. The zero-order valence-electron chi connectivity index (χ0n) is 13.5. The summed E-state index contributed by atoms with van der Waals surface area (Å²) in [5.74, 6) is 0. The Morgan fingerprint density at radius 1 is 1.36 bits per heavy atom. The molecular formula is C16H27N3O2S. The summed E-state index contributed by atoms with van der Waals surface area (Å²) >= 11 is 1.76. The van der Waals surface area contributed by atoms with Crippen LogP contribution in [0.4, 0.5) is 0 Å². The number of thiazole rings is 1. The summed E-state index contributed by atoms with van der Waals surface area (Å²) in [5, 5.41) is 3.29. The lowest BCUT2D eigenvalue weighted by atomic mass is 9.80. The van der Waals surface area contributed by atoms with Gasteiger partial charge < -0.3 is 9.47 Å². The van der Waals surface area contributed by atoms with Crippen LogP contribution in [0.3, 0.4) is 0 Å². The van der Waals surface area contributed by atoms with Gasteiger partial charge in [-0.25, -0.2) is 4.98 Å². The van der Waals surface area contributed by atoms with E-state index >= 15 is 0 Å². The second-order valence-electron chi connectivity index (χ2n) is 6.56. The third-order valence-corrected chi connectivity index (χ3v) is 5.48. The molecule has 1 atom stereocenters. The predicted octanol–water partition coefficient (Wildman–Crippen LogP) is 1.70. The topological polar surface area (TPSA) is 37.8 Å². The fourth-order valence-electron chi connectivity index (χ4n) is 3.71. The summed E-state index contributed by atoms with van der Waals surface area (Å²) in [6.45, 7) is 8.99. The molecule has 3 rings (SSSR count). The number of aromatic nitrogens is 1. The average molecular weight is 325 g/mol. The first-order valence-corrected chi connectivity index (χ1v) is 9.07. The lowest BCUT2D eigenvalue weighted by molar-refractivity contribution is 0.00162. The van der Waals surface area contributed by atoms with E-state index in [4.69, 9.17) is 9.47 Å². The van der Waals surface area contributed by atoms with Crippen molar-refractivity contribution >= 4 is 11.3 Å². The SMILES string of the molecule is COCCN1CCOC[C@]2(CCCN(Cc3nccs3)C2)C1. The highest BCUT2D eigenvalue weighted by atomic mass is 32.1. The highest BCUT2D eigenvalue weighted by Crippen LogP contribution is 2.33. The zero-order valence-corrected chi connectivity index (χ0v) is 14.3. The largest absolute Gasteiger partial charge is 0.383 e. The molecule has 2 saturated heterocycles. The van der Waals surface area contributed by atoms with Crippen LogP contribution in [-0.2, 0) is 16.0 Å². The van der Waals surface area contributed by atoms with Crippen LogP contribution in [0.1, 0.15) is 17.8 Å². The van der Waals surface area contributed by atoms with Crippen LogP contribution in [0.2, 0.25) is 0 Å². The minimum Gasteiger partial charge on any atom is -0.383 e. The molecule has 1 aromatic heterocycles. The molecular weight excluding hydrogens is 298 g/mol. The van der Waals surface area contributed by atoms with Crippen molar-refractivity contribution in [2.75, 3.05) is 59.7 Å². The molecule has 0 bridgehead atoms. The third-order valence-electron chi connectivity index (χ3n) is 4.71. The van der Waals surface area contributed by atoms with Gasteiger partial charge in [0.1, 0.15) is 5.01 Å². The van der Waals surface area contributed by atoms with Crippen molar-refractivity contribution in [3.05, 3.63) is 16.6 Å². The molecule has 0 radical (unpaired) electrons. The number of nitrogens with zero attached hydrogens (tertiary/aromatic N) is 3. The second-order valence-corrected chi connectivity index (χ2v) is 7.54. The first-order chi connectivity index (χ1) is 10.8. The Morgan fingerprint density at radius 3 is 3.09 bits per heavy atom. The smallest absolute Gasteiger partial charge is 0.107 e. The molecule has 0 saturated carbocycles. The maximum atomic E-state index is 5.96. The Morgan fingerprint density at radius 2 is 2.27 bits per heavy atom. The van der Waals surface area contributed by atoms with Gasteiger partial charge in [-0.15, -0.1) is 11.3 Å². The first kappa shape index (κ1) is 16.3. The number of hydrogen-bond donors (Lipinski definition) is 0. The molecule has 22 heavy (non-hydrogen) atoms. The monoisotopic (exact) mass is 325 g/mol. The lowest BCUT2D eigenvalue weighted by Gasteiger charge is -2.43. The molecule has 0 N–H and O–H groups in total. The molecule has 0 aliphatic carbocycles. The Labute approximate surface area is 137 Å². The van der Waals surface area contributed by atoms with Crippen molar-refractivity contribution in [2.45, 2.75) is 19.4 Å². The maximum Gasteiger partial charge on any atom is 0.107 e. The van der Waals surface area contributed by atoms with E-state index in [0.29, 0.717) is 0 Å². The fourth-order valence-corrected chi connectivity index (χ4v) is 4.36. The number of ether oxygens (including phenoxy) is 2. The summed E-state index contributed by atoms with van der Waals surface area (Å²) < 4.78 is 11.2. The van der Waals surface area contributed by atoms with Crippen molar-refractivity contribution in [1.82, 2.24) is 14.8 Å². The van der Waals surface area contributed by atoms with Crippen LogP contribution in [0, 0.1) is 5.41 Å². The summed E-state index contributed by atoms with van der Waals surface area (Å²) in [5.41, 5.74) is 0.278. The van der Waals surface area contributed by atoms with Crippen LogP contribution in [-0.4, -0.2) is 74.4 Å². The van der Waals surface area contributed by atoms with E-state index < -0.39 is 0 Å². The number of rotatable bonds is 5. The molecule has 1 aromatic rings. The Balaban J connectivity index is 1.62. The Hall–Kier alpha value is -0.530. The number of methoxy groups -OCH3 is 1. The second kappa shape index (κ2) is 7.84. The summed E-state index contributed by atoms with van der Waals surface area (Å²) in [4.78, 5) is 9.51. The normalized spacial score (nSPS) is 28.0. The molecule has 2 aliphatic rings. The Kier molecular flexibility index (Phi) is 5.82. The summed E-state index contributed by atoms with van der Waals surface area (Å²) in [6.07, 6.45) is 4.43. The van der Waals surface area contributed by atoms with E-state index in [2.05, 4.69) is 20.2 Å². The van der Waals surface area contributed by atoms with Crippen LogP contribution in [0.25, 0.3) is 0 Å². The van der Waals surface area contributed by atoms with Crippen LogP contribution in [0.15, 0.2) is 11.6 Å². The van der Waals surface area contributed by atoms with Gasteiger partial charge in [0.05, 0.1) is 26.4 Å². The van der Waals surface area contributed by atoms with E-state index in [1.54, 1.807) is 18.4 Å². The number of likely N-dealkylation sites (tertiary alicyclic amines) is 1. The zero-order chi connectivity index (χ0) is 15.3. The van der Waals surface area contributed by atoms with Gasteiger partial charge in [-0.1, -0.05) is 0 Å². The van der Waals surface area contributed by atoms with E-state index in [0.717, 1.165) is 52.5 Å². The molecule has 5 nitrogen and oxygen atoms in total. The summed E-state index contributed by atoms with van der Waals surface area (Å²) in [7, 11) is 1.78. The van der Waals surface area contributed by atoms with Gasteiger partial charge in [0, 0.05) is 50.3 Å². The molecule has 2 aliphatic heterocycles. The van der Waals surface area contributed by atoms with E-state index in [1.165, 1.54) is 24.4 Å². The quantitative estimate of drug-likeness (QED) is 0.824. The molecule has 3 heterocycles. The molecule has 0 amide bonds. The van der Waals surface area contributed by atoms with Gasteiger partial charge in [0.25, 0.3) is 0 Å². The molecule has 0 aromatic carbocycles. The molecule has 124 valence electrons. The van der Waals surface area contributed by atoms with Crippen molar-refractivity contribution in [1.29, 1.82) is 0 Å². The standard InChI is InChI=1S/C16H27N3O2S/c1-20-8-6-18-7-9-21-14-16(12-18)3-2-5-19(13-16)11-15-17-4-10-22-15/h4,10H,2-3,5-9,11-14H2,1H3/t16-/m1/s1.